The predicted octanol–water partition coefficient (Wildman–Crippen LogP) is 4.34. The molecule has 0 heterocycles. The molecule has 0 radical (unpaired) electrons. The van der Waals surface area contributed by atoms with E-state index in [0.29, 0.717) is 11.3 Å². The number of nitrogens with zero attached hydrogens (tertiary/aromatic N) is 1. The number of halogens is 1. The molecule has 0 saturated heterocycles. The van der Waals surface area contributed by atoms with Gasteiger partial charge in [-0.15, -0.1) is 0 Å². The maximum absolute atomic E-state index is 13.1. The van der Waals surface area contributed by atoms with Crippen molar-refractivity contribution < 1.29 is 12.8 Å². The number of para-hydroxylation sites is 1. The number of benzene rings is 3. The minimum Gasteiger partial charge on any atom is -0.207 e. The van der Waals surface area contributed by atoms with E-state index in [-0.39, 0.29) is 10.7 Å². The largest absolute Gasteiger partial charge is 0.275 e. The molecule has 3 rings (SSSR count). The Kier molecular flexibility index (Phi) is 5.06. The van der Waals surface area contributed by atoms with Crippen molar-refractivity contribution in [2.75, 3.05) is 4.31 Å². The molecule has 3 aromatic carbocycles. The van der Waals surface area contributed by atoms with E-state index in [2.05, 4.69) is 12.0 Å². The average molecular weight is 365 g/mol. The van der Waals surface area contributed by atoms with Crippen molar-refractivity contribution in [3.63, 3.8) is 0 Å². The van der Waals surface area contributed by atoms with Crippen LogP contribution < -0.4 is 4.31 Å². The molecule has 0 N–H and O–H groups in total. The third kappa shape index (κ3) is 3.93. The molecule has 0 unspecified atom stereocenters. The number of hydrogen-bond donors (Lipinski definition) is 0. The highest BCUT2D eigenvalue weighted by molar-refractivity contribution is 7.93. The highest BCUT2D eigenvalue weighted by atomic mass is 32.2. The number of hydrogen-bond acceptors (Lipinski definition) is 2. The van der Waals surface area contributed by atoms with Gasteiger partial charge in [0.2, 0.25) is 0 Å². The van der Waals surface area contributed by atoms with Crippen molar-refractivity contribution in [3.8, 4) is 12.0 Å². The molecular formula is C21H16FNO2S. The van der Waals surface area contributed by atoms with Gasteiger partial charge in [-0.25, -0.2) is 12.8 Å². The standard InChI is InChI=1S/C21H16FNO2S/c1-17-7-13-21(14-8-17)26(24,25)23(20-5-3-2-4-6-20)16-15-18-9-11-19(22)12-10-18/h2-14H,1H3. The van der Waals surface area contributed by atoms with Crippen molar-refractivity contribution in [3.05, 3.63) is 95.8 Å². The Morgan fingerprint density at radius 3 is 2.08 bits per heavy atom. The Morgan fingerprint density at radius 2 is 1.46 bits per heavy atom. The van der Waals surface area contributed by atoms with Gasteiger partial charge in [-0.2, -0.15) is 4.31 Å². The smallest absolute Gasteiger partial charge is 0.207 e. The normalized spacial score (nSPS) is 10.7. The van der Waals surface area contributed by atoms with Crippen LogP contribution >= 0.6 is 0 Å². The minimum absolute atomic E-state index is 0.153. The summed E-state index contributed by atoms with van der Waals surface area (Å²) in [7, 11) is -3.86. The lowest BCUT2D eigenvalue weighted by atomic mass is 10.2. The lowest BCUT2D eigenvalue weighted by molar-refractivity contribution is 0.596. The van der Waals surface area contributed by atoms with Crippen molar-refractivity contribution in [1.29, 1.82) is 0 Å². The molecule has 0 aliphatic heterocycles. The molecule has 0 aromatic heterocycles. The van der Waals surface area contributed by atoms with Gasteiger partial charge in [0.15, 0.2) is 0 Å². The summed E-state index contributed by atoms with van der Waals surface area (Å²) in [6, 6.07) is 23.5. The summed E-state index contributed by atoms with van der Waals surface area (Å²) in [5.41, 5.74) is 1.92. The molecule has 0 saturated carbocycles. The van der Waals surface area contributed by atoms with Gasteiger partial charge in [-0.1, -0.05) is 35.9 Å². The lowest BCUT2D eigenvalue weighted by Gasteiger charge is -2.18. The first kappa shape index (κ1) is 17.7. The van der Waals surface area contributed by atoms with Crippen molar-refractivity contribution in [1.82, 2.24) is 0 Å². The van der Waals surface area contributed by atoms with Gasteiger partial charge in [0.25, 0.3) is 10.0 Å². The molecule has 3 nitrogen and oxygen atoms in total. The lowest BCUT2D eigenvalue weighted by Crippen LogP contribution is -2.26. The van der Waals surface area contributed by atoms with E-state index in [1.807, 2.05) is 6.92 Å². The topological polar surface area (TPSA) is 37.4 Å². The Bertz CT molecular complexity index is 1050. The van der Waals surface area contributed by atoms with Crippen molar-refractivity contribution >= 4 is 15.7 Å². The first-order valence-corrected chi connectivity index (χ1v) is 9.35. The quantitative estimate of drug-likeness (QED) is 0.511. The number of anilines is 1. The van der Waals surface area contributed by atoms with Crippen LogP contribution in [0.1, 0.15) is 11.1 Å². The second kappa shape index (κ2) is 7.42. The van der Waals surface area contributed by atoms with Crippen LogP contribution in [0.5, 0.6) is 0 Å². The molecular weight excluding hydrogens is 349 g/mol. The monoisotopic (exact) mass is 365 g/mol. The molecule has 3 aromatic rings. The average Bonchev–Trinajstić information content (AvgIpc) is 2.64. The third-order valence-electron chi connectivity index (χ3n) is 3.70. The SMILES string of the molecule is Cc1ccc(S(=O)(=O)N(C#Cc2ccc(F)cc2)c2ccccc2)cc1. The highest BCUT2D eigenvalue weighted by Crippen LogP contribution is 2.23. The molecule has 0 atom stereocenters. The van der Waals surface area contributed by atoms with E-state index in [1.165, 1.54) is 24.3 Å². The molecule has 0 fully saturated rings. The van der Waals surface area contributed by atoms with Crippen LogP contribution in [0, 0.1) is 24.7 Å². The molecule has 0 bridgehead atoms. The fourth-order valence-electron chi connectivity index (χ4n) is 2.29. The first-order valence-electron chi connectivity index (χ1n) is 7.91. The van der Waals surface area contributed by atoms with E-state index in [0.717, 1.165) is 9.87 Å². The van der Waals surface area contributed by atoms with Crippen molar-refractivity contribution in [2.24, 2.45) is 0 Å². The van der Waals surface area contributed by atoms with Gasteiger partial charge in [0.1, 0.15) is 5.82 Å². The zero-order valence-corrected chi connectivity index (χ0v) is 14.9. The number of aryl methyl sites for hydroxylation is 1. The van der Waals surface area contributed by atoms with E-state index < -0.39 is 10.0 Å². The Morgan fingerprint density at radius 1 is 0.846 bits per heavy atom. The Labute approximate surface area is 152 Å². The Balaban J connectivity index is 2.07. The van der Waals surface area contributed by atoms with E-state index >= 15 is 0 Å². The second-order valence-corrected chi connectivity index (χ2v) is 7.45. The second-order valence-electron chi connectivity index (χ2n) is 5.66. The maximum Gasteiger partial charge on any atom is 0.275 e. The van der Waals surface area contributed by atoms with Crippen LogP contribution in [0.4, 0.5) is 10.1 Å². The fourth-order valence-corrected chi connectivity index (χ4v) is 3.55. The number of rotatable bonds is 3. The summed E-state index contributed by atoms with van der Waals surface area (Å²) in [5, 5.41) is 0. The predicted molar refractivity (Wildman–Crippen MR) is 101 cm³/mol. The van der Waals surface area contributed by atoms with Gasteiger partial charge >= 0.3 is 0 Å². The van der Waals surface area contributed by atoms with E-state index in [1.54, 1.807) is 54.6 Å². The molecule has 130 valence electrons. The van der Waals surface area contributed by atoms with Gasteiger partial charge in [0.05, 0.1) is 10.6 Å². The molecule has 26 heavy (non-hydrogen) atoms. The summed E-state index contributed by atoms with van der Waals surface area (Å²) in [4.78, 5) is 0.153. The minimum atomic E-state index is -3.86. The summed E-state index contributed by atoms with van der Waals surface area (Å²) in [6.07, 6.45) is 0. The van der Waals surface area contributed by atoms with Crippen LogP contribution in [-0.4, -0.2) is 8.42 Å². The van der Waals surface area contributed by atoms with Crippen LogP contribution in [0.2, 0.25) is 0 Å². The fraction of sp³-hybridized carbons (Fsp3) is 0.0476. The highest BCUT2D eigenvalue weighted by Gasteiger charge is 2.23. The zero-order chi connectivity index (χ0) is 18.6. The van der Waals surface area contributed by atoms with E-state index in [4.69, 9.17) is 0 Å². The summed E-state index contributed by atoms with van der Waals surface area (Å²) >= 11 is 0. The first-order chi connectivity index (χ1) is 12.5. The Hall–Kier alpha value is -3.10. The van der Waals surface area contributed by atoms with Crippen LogP contribution in [0.3, 0.4) is 0 Å². The van der Waals surface area contributed by atoms with E-state index in [9.17, 15) is 12.8 Å². The molecule has 0 spiro atoms. The van der Waals surface area contributed by atoms with Crippen LogP contribution in [0.25, 0.3) is 0 Å². The maximum atomic E-state index is 13.1. The van der Waals surface area contributed by atoms with Gasteiger partial charge in [0, 0.05) is 11.6 Å². The summed E-state index contributed by atoms with van der Waals surface area (Å²) in [5.74, 6) is 2.42. The van der Waals surface area contributed by atoms with Crippen molar-refractivity contribution in [2.45, 2.75) is 11.8 Å². The third-order valence-corrected chi connectivity index (χ3v) is 5.35. The van der Waals surface area contributed by atoms with Crippen LogP contribution in [0.15, 0.2) is 83.8 Å². The molecule has 0 aliphatic rings. The van der Waals surface area contributed by atoms with Gasteiger partial charge < -0.3 is 0 Å². The zero-order valence-electron chi connectivity index (χ0n) is 14.1. The summed E-state index contributed by atoms with van der Waals surface area (Å²) in [6.45, 7) is 1.89. The molecule has 0 amide bonds. The number of sulfonamides is 1. The molecule has 5 heteroatoms. The van der Waals surface area contributed by atoms with Crippen LogP contribution in [-0.2, 0) is 10.0 Å². The molecule has 0 aliphatic carbocycles. The van der Waals surface area contributed by atoms with Gasteiger partial charge in [-0.05, 0) is 61.4 Å². The van der Waals surface area contributed by atoms with Gasteiger partial charge in [-0.3, -0.25) is 0 Å². The summed E-state index contributed by atoms with van der Waals surface area (Å²) < 4.78 is 40.2.